The van der Waals surface area contributed by atoms with Crippen LogP contribution in [0.25, 0.3) is 0 Å². The van der Waals surface area contributed by atoms with Crippen molar-refractivity contribution in [2.24, 2.45) is 16.7 Å². The molecule has 7 nitrogen and oxygen atoms in total. The standard InChI is InChI=1S/C48H90N2O5/c1-9-11-13-15-17-25-31-37-54-45(52)35-29-23-19-21-27-33-43(39-44(51)49-41-47(3,4)40-48(5,6)42-50(7)8)34-28-22-20-24-30-36-46(53)55-38-32-26-18-16-14-12-10-2/h25-26,31-32,43H,9-24,27-30,33-42H2,1-8H3,(H,49,51)/b31-25-,32-26-. The minimum absolute atomic E-state index is 0.0265. The third kappa shape index (κ3) is 37.2. The lowest BCUT2D eigenvalue weighted by atomic mass is 9.74. The van der Waals surface area contributed by atoms with Gasteiger partial charge < -0.3 is 19.7 Å². The largest absolute Gasteiger partial charge is 0.461 e. The number of nitrogens with one attached hydrogen (secondary N) is 1. The van der Waals surface area contributed by atoms with Crippen LogP contribution in [0, 0.1) is 16.7 Å². The quantitative estimate of drug-likeness (QED) is 0.0382. The Bertz CT molecular complexity index is 950. The lowest BCUT2D eigenvalue weighted by molar-refractivity contribution is -0.143. The number of nitrogens with zero attached hydrogens (tertiary/aromatic N) is 1. The fraction of sp³-hybridized carbons (Fsp3) is 0.854. The van der Waals surface area contributed by atoms with E-state index in [1.807, 2.05) is 12.2 Å². The minimum Gasteiger partial charge on any atom is -0.461 e. The number of carbonyl (C=O) groups is 3. The van der Waals surface area contributed by atoms with Crippen LogP contribution in [0.3, 0.4) is 0 Å². The van der Waals surface area contributed by atoms with Gasteiger partial charge in [-0.3, -0.25) is 14.4 Å². The number of hydrogen-bond acceptors (Lipinski definition) is 6. The maximum absolute atomic E-state index is 13.2. The summed E-state index contributed by atoms with van der Waals surface area (Å²) >= 11 is 0. The summed E-state index contributed by atoms with van der Waals surface area (Å²) in [5.41, 5.74) is 0.203. The van der Waals surface area contributed by atoms with E-state index in [9.17, 15) is 14.4 Å². The van der Waals surface area contributed by atoms with E-state index in [0.717, 1.165) is 103 Å². The molecular weight excluding hydrogens is 685 g/mol. The van der Waals surface area contributed by atoms with Crippen molar-refractivity contribution in [1.29, 1.82) is 0 Å². The Labute approximate surface area is 341 Å². The normalized spacial score (nSPS) is 12.4. The maximum Gasteiger partial charge on any atom is 0.306 e. The molecule has 0 aromatic heterocycles. The van der Waals surface area contributed by atoms with Crippen LogP contribution in [0.2, 0.25) is 0 Å². The van der Waals surface area contributed by atoms with Gasteiger partial charge in [-0.1, -0.05) is 156 Å². The lowest BCUT2D eigenvalue weighted by Gasteiger charge is -2.37. The maximum atomic E-state index is 13.2. The Morgan fingerprint density at radius 1 is 0.582 bits per heavy atom. The fourth-order valence-corrected chi connectivity index (χ4v) is 7.93. The second-order valence-electron chi connectivity index (χ2n) is 18.2. The minimum atomic E-state index is -0.0951. The van der Waals surface area contributed by atoms with Crippen LogP contribution in [0.15, 0.2) is 24.3 Å². The molecule has 0 aromatic carbocycles. The van der Waals surface area contributed by atoms with Crippen LogP contribution < -0.4 is 5.32 Å². The molecular formula is C48H90N2O5. The van der Waals surface area contributed by atoms with Crippen molar-refractivity contribution in [2.45, 2.75) is 208 Å². The fourth-order valence-electron chi connectivity index (χ4n) is 7.93. The molecule has 1 N–H and O–H groups in total. The van der Waals surface area contributed by atoms with E-state index in [2.05, 4.69) is 78.0 Å². The third-order valence-electron chi connectivity index (χ3n) is 10.4. The average molecular weight is 775 g/mol. The molecule has 7 heteroatoms. The summed E-state index contributed by atoms with van der Waals surface area (Å²) in [7, 11) is 4.24. The number of amides is 1. The number of hydrogen-bond donors (Lipinski definition) is 1. The Balaban J connectivity index is 4.56. The van der Waals surface area contributed by atoms with Crippen LogP contribution in [-0.4, -0.2) is 63.1 Å². The van der Waals surface area contributed by atoms with Crippen molar-refractivity contribution in [3.63, 3.8) is 0 Å². The summed E-state index contributed by atoms with van der Waals surface area (Å²) in [6.45, 7) is 16.1. The Kier molecular flexibility index (Phi) is 33.7. The van der Waals surface area contributed by atoms with Crippen LogP contribution in [0.5, 0.6) is 0 Å². The topological polar surface area (TPSA) is 84.9 Å². The summed E-state index contributed by atoms with van der Waals surface area (Å²) in [5.74, 6) is 0.375. The molecule has 0 aromatic rings. The Hall–Kier alpha value is -2.15. The molecule has 0 radical (unpaired) electrons. The highest BCUT2D eigenvalue weighted by Crippen LogP contribution is 2.33. The van der Waals surface area contributed by atoms with Crippen LogP contribution in [0.4, 0.5) is 0 Å². The molecule has 0 unspecified atom stereocenters. The van der Waals surface area contributed by atoms with E-state index in [0.29, 0.717) is 44.9 Å². The first kappa shape index (κ1) is 52.9. The zero-order chi connectivity index (χ0) is 41.0. The first-order chi connectivity index (χ1) is 26.3. The van der Waals surface area contributed by atoms with Gasteiger partial charge in [0.05, 0.1) is 0 Å². The van der Waals surface area contributed by atoms with Gasteiger partial charge in [0.2, 0.25) is 5.91 Å². The van der Waals surface area contributed by atoms with Gasteiger partial charge in [0.25, 0.3) is 0 Å². The van der Waals surface area contributed by atoms with E-state index in [4.69, 9.17) is 9.47 Å². The van der Waals surface area contributed by atoms with Crippen molar-refractivity contribution in [3.8, 4) is 0 Å². The van der Waals surface area contributed by atoms with Crippen molar-refractivity contribution in [3.05, 3.63) is 24.3 Å². The average Bonchev–Trinajstić information content (AvgIpc) is 3.11. The number of ether oxygens (including phenoxy) is 2. The van der Waals surface area contributed by atoms with Gasteiger partial charge in [0.15, 0.2) is 0 Å². The van der Waals surface area contributed by atoms with Crippen molar-refractivity contribution >= 4 is 17.8 Å². The molecule has 0 aliphatic carbocycles. The second-order valence-corrected chi connectivity index (χ2v) is 18.2. The SMILES string of the molecule is CCCCCC/C=C\COC(=O)CCCCCCCC(CCCCCCCC(=O)OC/C=C\CCCCCC)CC(=O)NCC(C)(C)CC(C)(C)CN(C)C. The summed E-state index contributed by atoms with van der Waals surface area (Å²) in [4.78, 5) is 39.7. The molecule has 55 heavy (non-hydrogen) atoms. The molecule has 0 atom stereocenters. The summed E-state index contributed by atoms with van der Waals surface area (Å²) in [5, 5.41) is 3.30. The highest BCUT2D eigenvalue weighted by atomic mass is 16.5. The van der Waals surface area contributed by atoms with Crippen molar-refractivity contribution < 1.29 is 23.9 Å². The molecule has 0 bridgehead atoms. The predicted molar refractivity (Wildman–Crippen MR) is 234 cm³/mol. The van der Waals surface area contributed by atoms with Crippen LogP contribution >= 0.6 is 0 Å². The van der Waals surface area contributed by atoms with Crippen LogP contribution in [-0.2, 0) is 23.9 Å². The second kappa shape index (κ2) is 35.0. The van der Waals surface area contributed by atoms with Gasteiger partial charge in [-0.15, -0.1) is 0 Å². The third-order valence-corrected chi connectivity index (χ3v) is 10.4. The predicted octanol–water partition coefficient (Wildman–Crippen LogP) is 12.7. The molecule has 0 aliphatic heterocycles. The van der Waals surface area contributed by atoms with Gasteiger partial charge in [-0.05, 0) is 88.6 Å². The summed E-state index contributed by atoms with van der Waals surface area (Å²) in [6.07, 6.45) is 35.7. The monoisotopic (exact) mass is 775 g/mol. The highest BCUT2D eigenvalue weighted by Gasteiger charge is 2.30. The van der Waals surface area contributed by atoms with Gasteiger partial charge in [0.1, 0.15) is 13.2 Å². The van der Waals surface area contributed by atoms with Gasteiger partial charge in [-0.25, -0.2) is 0 Å². The van der Waals surface area contributed by atoms with E-state index in [1.165, 1.54) is 51.4 Å². The summed E-state index contributed by atoms with van der Waals surface area (Å²) < 4.78 is 10.7. The first-order valence-electron chi connectivity index (χ1n) is 22.8. The van der Waals surface area contributed by atoms with E-state index >= 15 is 0 Å². The molecule has 0 saturated heterocycles. The van der Waals surface area contributed by atoms with Gasteiger partial charge >= 0.3 is 11.9 Å². The molecule has 322 valence electrons. The molecule has 0 heterocycles. The van der Waals surface area contributed by atoms with E-state index in [-0.39, 0.29) is 28.7 Å². The number of carbonyl (C=O) groups excluding carboxylic acids is 3. The number of allylic oxidation sites excluding steroid dienone is 2. The van der Waals surface area contributed by atoms with Gasteiger partial charge in [0, 0.05) is 32.4 Å². The number of rotatable bonds is 38. The first-order valence-corrected chi connectivity index (χ1v) is 22.8. The zero-order valence-electron chi connectivity index (χ0n) is 37.6. The van der Waals surface area contributed by atoms with Crippen molar-refractivity contribution in [1.82, 2.24) is 10.2 Å². The smallest absolute Gasteiger partial charge is 0.306 e. The van der Waals surface area contributed by atoms with Crippen molar-refractivity contribution in [2.75, 3.05) is 40.4 Å². The molecule has 0 rings (SSSR count). The zero-order valence-corrected chi connectivity index (χ0v) is 37.6. The number of unbranched alkanes of at least 4 members (excludes halogenated alkanes) is 16. The Morgan fingerprint density at radius 2 is 1.02 bits per heavy atom. The molecule has 0 saturated carbocycles. The molecule has 1 amide bonds. The molecule has 0 spiro atoms. The van der Waals surface area contributed by atoms with E-state index < -0.39 is 0 Å². The lowest BCUT2D eigenvalue weighted by Crippen LogP contribution is -2.39. The number of esters is 2. The van der Waals surface area contributed by atoms with Gasteiger partial charge in [-0.2, -0.15) is 0 Å². The van der Waals surface area contributed by atoms with E-state index in [1.54, 1.807) is 0 Å². The molecule has 0 fully saturated rings. The molecule has 0 aliphatic rings. The highest BCUT2D eigenvalue weighted by molar-refractivity contribution is 5.76. The summed E-state index contributed by atoms with van der Waals surface area (Å²) in [6, 6.07) is 0. The Morgan fingerprint density at radius 3 is 1.47 bits per heavy atom. The van der Waals surface area contributed by atoms with Crippen LogP contribution in [0.1, 0.15) is 208 Å².